The fourth-order valence-electron chi connectivity index (χ4n) is 2.95. The molecule has 0 spiro atoms. The topological polar surface area (TPSA) is 44.8 Å². The number of benzene rings is 2. The zero-order valence-corrected chi connectivity index (χ0v) is 15.9. The van der Waals surface area contributed by atoms with Crippen molar-refractivity contribution in [1.82, 2.24) is 4.90 Å². The Balaban J connectivity index is 1.63. The number of hydrogen-bond acceptors (Lipinski definition) is 4. The molecule has 1 aliphatic rings. The van der Waals surface area contributed by atoms with E-state index in [9.17, 15) is 4.79 Å². The summed E-state index contributed by atoms with van der Waals surface area (Å²) in [5, 5.41) is 3.46. The second kappa shape index (κ2) is 8.43. The van der Waals surface area contributed by atoms with Crippen molar-refractivity contribution in [2.45, 2.75) is 6.92 Å². The third-order valence-corrected chi connectivity index (χ3v) is 4.78. The number of carbonyl (C=O) groups excluding carboxylic acids is 1. The van der Waals surface area contributed by atoms with Gasteiger partial charge in [-0.15, -0.1) is 0 Å². The molecule has 6 heteroatoms. The van der Waals surface area contributed by atoms with Crippen LogP contribution in [0.15, 0.2) is 42.5 Å². The van der Waals surface area contributed by atoms with E-state index >= 15 is 0 Å². The Morgan fingerprint density at radius 2 is 1.88 bits per heavy atom. The lowest BCUT2D eigenvalue weighted by Gasteiger charge is -2.35. The van der Waals surface area contributed by atoms with Gasteiger partial charge in [0, 0.05) is 26.2 Å². The average molecular weight is 374 g/mol. The van der Waals surface area contributed by atoms with E-state index in [4.69, 9.17) is 16.3 Å². The highest BCUT2D eigenvalue weighted by Gasteiger charge is 2.18. The van der Waals surface area contributed by atoms with Crippen molar-refractivity contribution < 1.29 is 9.53 Å². The SMILES string of the molecule is Cc1ccc(Cl)c(OCC(=O)Nc2ccccc2N2CCN(C)CC2)c1. The summed E-state index contributed by atoms with van der Waals surface area (Å²) in [5.41, 5.74) is 2.88. The van der Waals surface area contributed by atoms with E-state index < -0.39 is 0 Å². The summed E-state index contributed by atoms with van der Waals surface area (Å²) in [6.07, 6.45) is 0. The lowest BCUT2D eigenvalue weighted by Crippen LogP contribution is -2.44. The van der Waals surface area contributed by atoms with Crippen molar-refractivity contribution in [3.05, 3.63) is 53.1 Å². The van der Waals surface area contributed by atoms with Crippen molar-refractivity contribution >= 4 is 28.9 Å². The normalized spacial score (nSPS) is 15.0. The van der Waals surface area contributed by atoms with E-state index in [1.54, 1.807) is 6.07 Å². The number of piperazine rings is 1. The Labute approximate surface area is 159 Å². The zero-order chi connectivity index (χ0) is 18.5. The second-order valence-electron chi connectivity index (χ2n) is 6.58. The molecule has 0 atom stereocenters. The highest BCUT2D eigenvalue weighted by molar-refractivity contribution is 6.32. The number of anilines is 2. The van der Waals surface area contributed by atoms with E-state index in [0.29, 0.717) is 10.8 Å². The first-order chi connectivity index (χ1) is 12.5. The van der Waals surface area contributed by atoms with Gasteiger partial charge in [0.2, 0.25) is 0 Å². The van der Waals surface area contributed by atoms with Crippen molar-refractivity contribution in [3.8, 4) is 5.75 Å². The lowest BCUT2D eigenvalue weighted by molar-refractivity contribution is -0.118. The summed E-state index contributed by atoms with van der Waals surface area (Å²) in [4.78, 5) is 17.0. The number of nitrogens with one attached hydrogen (secondary N) is 1. The number of carbonyl (C=O) groups is 1. The van der Waals surface area contributed by atoms with Crippen LogP contribution in [-0.4, -0.2) is 50.6 Å². The zero-order valence-electron chi connectivity index (χ0n) is 15.2. The Hall–Kier alpha value is -2.24. The molecule has 0 unspecified atom stereocenters. The summed E-state index contributed by atoms with van der Waals surface area (Å²) in [6, 6.07) is 13.4. The number of aryl methyl sites for hydroxylation is 1. The summed E-state index contributed by atoms with van der Waals surface area (Å²) in [5.74, 6) is 0.318. The fraction of sp³-hybridized carbons (Fsp3) is 0.350. The van der Waals surface area contributed by atoms with Gasteiger partial charge in [-0.2, -0.15) is 0 Å². The summed E-state index contributed by atoms with van der Waals surface area (Å²) >= 11 is 6.11. The molecule has 1 saturated heterocycles. The maximum Gasteiger partial charge on any atom is 0.262 e. The number of ether oxygens (including phenoxy) is 1. The largest absolute Gasteiger partial charge is 0.482 e. The van der Waals surface area contributed by atoms with Gasteiger partial charge in [-0.25, -0.2) is 0 Å². The van der Waals surface area contributed by atoms with Crippen LogP contribution in [0.2, 0.25) is 5.02 Å². The standard InChI is InChI=1S/C20H24ClN3O2/c1-15-7-8-16(21)19(13-15)26-14-20(25)22-17-5-3-4-6-18(17)24-11-9-23(2)10-12-24/h3-8,13H,9-12,14H2,1-2H3,(H,22,25). The molecule has 1 amide bonds. The molecule has 5 nitrogen and oxygen atoms in total. The molecule has 1 fully saturated rings. The van der Waals surface area contributed by atoms with Crippen LogP contribution in [0.3, 0.4) is 0 Å². The van der Waals surface area contributed by atoms with Gasteiger partial charge in [-0.3, -0.25) is 4.79 Å². The highest BCUT2D eigenvalue weighted by atomic mass is 35.5. The molecule has 2 aromatic carbocycles. The third kappa shape index (κ3) is 4.68. The smallest absolute Gasteiger partial charge is 0.262 e. The van der Waals surface area contributed by atoms with Crippen LogP contribution >= 0.6 is 11.6 Å². The van der Waals surface area contributed by atoms with Crippen LogP contribution in [0, 0.1) is 6.92 Å². The molecule has 2 aromatic rings. The predicted octanol–water partition coefficient (Wildman–Crippen LogP) is 3.42. The molecule has 0 aliphatic carbocycles. The van der Waals surface area contributed by atoms with Gasteiger partial charge >= 0.3 is 0 Å². The maximum atomic E-state index is 12.4. The van der Waals surface area contributed by atoms with Gasteiger partial charge in [0.15, 0.2) is 6.61 Å². The molecule has 0 bridgehead atoms. The Bertz CT molecular complexity index is 773. The summed E-state index contributed by atoms with van der Waals surface area (Å²) in [7, 11) is 2.12. The lowest BCUT2D eigenvalue weighted by atomic mass is 10.2. The third-order valence-electron chi connectivity index (χ3n) is 4.47. The molecular weight excluding hydrogens is 350 g/mol. The van der Waals surface area contributed by atoms with Crippen LogP contribution in [0.4, 0.5) is 11.4 Å². The molecule has 3 rings (SSSR count). The molecule has 0 saturated carbocycles. The number of para-hydroxylation sites is 2. The number of hydrogen-bond donors (Lipinski definition) is 1. The van der Waals surface area contributed by atoms with Crippen LogP contribution in [-0.2, 0) is 4.79 Å². The Kier molecular flexibility index (Phi) is 6.01. The molecule has 0 radical (unpaired) electrons. The van der Waals surface area contributed by atoms with Gasteiger partial charge in [0.25, 0.3) is 5.91 Å². The van der Waals surface area contributed by atoms with E-state index in [1.807, 2.05) is 43.3 Å². The maximum absolute atomic E-state index is 12.4. The van der Waals surface area contributed by atoms with E-state index in [1.165, 1.54) is 0 Å². The average Bonchev–Trinajstić information content (AvgIpc) is 2.64. The number of amides is 1. The predicted molar refractivity (Wildman–Crippen MR) is 106 cm³/mol. The Morgan fingerprint density at radius 1 is 1.15 bits per heavy atom. The van der Waals surface area contributed by atoms with Gasteiger partial charge in [0.1, 0.15) is 5.75 Å². The van der Waals surface area contributed by atoms with Crippen LogP contribution < -0.4 is 15.0 Å². The highest BCUT2D eigenvalue weighted by Crippen LogP contribution is 2.27. The van der Waals surface area contributed by atoms with Gasteiger partial charge in [0.05, 0.1) is 16.4 Å². The minimum atomic E-state index is -0.204. The van der Waals surface area contributed by atoms with Gasteiger partial charge in [-0.1, -0.05) is 29.8 Å². The quantitative estimate of drug-likeness (QED) is 0.872. The number of halogens is 1. The van der Waals surface area contributed by atoms with Crippen molar-refractivity contribution in [2.24, 2.45) is 0 Å². The molecule has 0 aromatic heterocycles. The van der Waals surface area contributed by atoms with Crippen molar-refractivity contribution in [2.75, 3.05) is 50.1 Å². The summed E-state index contributed by atoms with van der Waals surface area (Å²) in [6.45, 7) is 5.78. The molecule has 1 heterocycles. The molecule has 1 N–H and O–H groups in total. The van der Waals surface area contributed by atoms with E-state index in [2.05, 4.69) is 22.2 Å². The van der Waals surface area contributed by atoms with Crippen molar-refractivity contribution in [3.63, 3.8) is 0 Å². The van der Waals surface area contributed by atoms with Gasteiger partial charge in [-0.05, 0) is 43.8 Å². The Morgan fingerprint density at radius 3 is 2.65 bits per heavy atom. The van der Waals surface area contributed by atoms with E-state index in [-0.39, 0.29) is 12.5 Å². The first kappa shape index (κ1) is 18.5. The van der Waals surface area contributed by atoms with E-state index in [0.717, 1.165) is 43.1 Å². The monoisotopic (exact) mass is 373 g/mol. The van der Waals surface area contributed by atoms with Gasteiger partial charge < -0.3 is 19.9 Å². The molecule has 138 valence electrons. The van der Waals surface area contributed by atoms with Crippen LogP contribution in [0.5, 0.6) is 5.75 Å². The first-order valence-corrected chi connectivity index (χ1v) is 9.12. The molecular formula is C20H24ClN3O2. The second-order valence-corrected chi connectivity index (χ2v) is 6.99. The number of likely N-dealkylation sites (N-methyl/N-ethyl adjacent to an activating group) is 1. The molecule has 26 heavy (non-hydrogen) atoms. The number of rotatable bonds is 5. The minimum Gasteiger partial charge on any atom is -0.482 e. The summed E-state index contributed by atoms with van der Waals surface area (Å²) < 4.78 is 5.59. The van der Waals surface area contributed by atoms with Crippen molar-refractivity contribution in [1.29, 1.82) is 0 Å². The number of nitrogens with zero attached hydrogens (tertiary/aromatic N) is 2. The van der Waals surface area contributed by atoms with Crippen LogP contribution in [0.1, 0.15) is 5.56 Å². The van der Waals surface area contributed by atoms with Crippen LogP contribution in [0.25, 0.3) is 0 Å². The fourth-order valence-corrected chi connectivity index (χ4v) is 3.13. The first-order valence-electron chi connectivity index (χ1n) is 8.74. The molecule has 1 aliphatic heterocycles. The minimum absolute atomic E-state index is 0.0831.